The van der Waals surface area contributed by atoms with E-state index in [2.05, 4.69) is 10.3 Å². The van der Waals surface area contributed by atoms with Crippen LogP contribution in [-0.2, 0) is 14.8 Å². The molecule has 32 heavy (non-hydrogen) atoms. The number of pyridine rings is 1. The van der Waals surface area contributed by atoms with Crippen molar-refractivity contribution in [3.63, 3.8) is 0 Å². The SMILES string of the molecule is O=C(NC[C@@H]1CCCO1)c1cccnc1N1CCN(S(=O)(=O)c2cc(F)cc(F)c2)CC1. The summed E-state index contributed by atoms with van der Waals surface area (Å²) in [5.41, 5.74) is 0.397. The molecule has 2 saturated heterocycles. The molecular weight excluding hydrogens is 442 g/mol. The van der Waals surface area contributed by atoms with Crippen LogP contribution in [-0.4, -0.2) is 69.0 Å². The van der Waals surface area contributed by atoms with Crippen LogP contribution < -0.4 is 10.2 Å². The Hall–Kier alpha value is -2.63. The minimum absolute atomic E-state index is 0.0143. The van der Waals surface area contributed by atoms with Gasteiger partial charge in [-0.2, -0.15) is 4.31 Å². The van der Waals surface area contributed by atoms with E-state index in [1.165, 1.54) is 4.31 Å². The van der Waals surface area contributed by atoms with Crippen molar-refractivity contribution in [2.24, 2.45) is 0 Å². The van der Waals surface area contributed by atoms with E-state index < -0.39 is 26.6 Å². The summed E-state index contributed by atoms with van der Waals surface area (Å²) in [6.45, 7) is 1.86. The molecule has 2 fully saturated rings. The summed E-state index contributed by atoms with van der Waals surface area (Å²) < 4.78 is 59.3. The van der Waals surface area contributed by atoms with Crippen LogP contribution in [0.4, 0.5) is 14.6 Å². The number of nitrogens with zero attached hydrogens (tertiary/aromatic N) is 3. The molecule has 2 aromatic rings. The number of amides is 1. The zero-order chi connectivity index (χ0) is 22.7. The zero-order valence-electron chi connectivity index (χ0n) is 17.3. The van der Waals surface area contributed by atoms with E-state index in [-0.39, 0.29) is 38.2 Å². The van der Waals surface area contributed by atoms with Crippen molar-refractivity contribution in [2.45, 2.75) is 23.8 Å². The number of sulfonamides is 1. The first-order valence-corrected chi connectivity index (χ1v) is 11.8. The third-order valence-electron chi connectivity index (χ3n) is 5.56. The zero-order valence-corrected chi connectivity index (χ0v) is 18.2. The van der Waals surface area contributed by atoms with Gasteiger partial charge in [0.2, 0.25) is 10.0 Å². The third kappa shape index (κ3) is 4.89. The first-order valence-electron chi connectivity index (χ1n) is 10.4. The lowest BCUT2D eigenvalue weighted by Crippen LogP contribution is -2.49. The highest BCUT2D eigenvalue weighted by Crippen LogP contribution is 2.23. The number of carbonyl (C=O) groups excluding carboxylic acids is 1. The number of hydrogen-bond acceptors (Lipinski definition) is 6. The Kier molecular flexibility index (Phi) is 6.68. The van der Waals surface area contributed by atoms with Crippen molar-refractivity contribution < 1.29 is 26.7 Å². The van der Waals surface area contributed by atoms with Crippen LogP contribution in [0.3, 0.4) is 0 Å². The average molecular weight is 467 g/mol. The van der Waals surface area contributed by atoms with Crippen molar-refractivity contribution in [1.29, 1.82) is 0 Å². The number of carbonyl (C=O) groups is 1. The van der Waals surface area contributed by atoms with Gasteiger partial charge in [0.05, 0.1) is 16.6 Å². The number of nitrogens with one attached hydrogen (secondary N) is 1. The summed E-state index contributed by atoms with van der Waals surface area (Å²) in [6.07, 6.45) is 3.48. The molecule has 1 atom stereocenters. The minimum atomic E-state index is -4.04. The van der Waals surface area contributed by atoms with E-state index in [1.54, 1.807) is 18.3 Å². The van der Waals surface area contributed by atoms with Gasteiger partial charge in [-0.05, 0) is 37.1 Å². The second kappa shape index (κ2) is 9.47. The maximum Gasteiger partial charge on any atom is 0.255 e. The van der Waals surface area contributed by atoms with Crippen molar-refractivity contribution >= 4 is 21.7 Å². The van der Waals surface area contributed by atoms with Gasteiger partial charge in [0.25, 0.3) is 5.91 Å². The fourth-order valence-electron chi connectivity index (χ4n) is 3.90. The Morgan fingerprint density at radius 3 is 2.53 bits per heavy atom. The van der Waals surface area contributed by atoms with Gasteiger partial charge in [0, 0.05) is 51.6 Å². The maximum atomic E-state index is 13.5. The second-order valence-corrected chi connectivity index (χ2v) is 9.65. The fraction of sp³-hybridized carbons (Fsp3) is 0.429. The first-order chi connectivity index (χ1) is 15.3. The molecule has 0 bridgehead atoms. The van der Waals surface area contributed by atoms with Gasteiger partial charge in [-0.3, -0.25) is 4.79 Å². The summed E-state index contributed by atoms with van der Waals surface area (Å²) in [7, 11) is -4.04. The highest BCUT2D eigenvalue weighted by atomic mass is 32.2. The molecule has 2 aliphatic heterocycles. The van der Waals surface area contributed by atoms with Gasteiger partial charge in [0.1, 0.15) is 17.5 Å². The molecular formula is C21H24F2N4O4S. The Balaban J connectivity index is 1.43. The smallest absolute Gasteiger partial charge is 0.255 e. The van der Waals surface area contributed by atoms with Gasteiger partial charge in [0.15, 0.2) is 0 Å². The summed E-state index contributed by atoms with van der Waals surface area (Å²) in [5, 5.41) is 2.88. The molecule has 0 unspecified atom stereocenters. The lowest BCUT2D eigenvalue weighted by Gasteiger charge is -2.35. The second-order valence-electron chi connectivity index (χ2n) is 7.72. The Morgan fingerprint density at radius 1 is 1.16 bits per heavy atom. The molecule has 1 aromatic heterocycles. The molecule has 8 nitrogen and oxygen atoms in total. The van der Waals surface area contributed by atoms with Crippen LogP contribution in [0.5, 0.6) is 0 Å². The number of halogens is 2. The highest BCUT2D eigenvalue weighted by Gasteiger charge is 2.31. The number of hydrogen-bond donors (Lipinski definition) is 1. The van der Waals surface area contributed by atoms with Crippen LogP contribution in [0.15, 0.2) is 41.4 Å². The normalized spacial score (nSPS) is 19.8. The summed E-state index contributed by atoms with van der Waals surface area (Å²) in [5.74, 6) is -1.70. The van der Waals surface area contributed by atoms with Crippen molar-refractivity contribution in [3.05, 3.63) is 53.7 Å². The number of ether oxygens (including phenoxy) is 1. The lowest BCUT2D eigenvalue weighted by atomic mass is 10.2. The molecule has 1 amide bonds. The van der Waals surface area contributed by atoms with Crippen molar-refractivity contribution in [1.82, 2.24) is 14.6 Å². The topological polar surface area (TPSA) is 91.8 Å². The molecule has 172 valence electrons. The molecule has 0 aliphatic carbocycles. The van der Waals surface area contributed by atoms with Gasteiger partial charge < -0.3 is 15.0 Å². The summed E-state index contributed by atoms with van der Waals surface area (Å²) >= 11 is 0. The van der Waals surface area contributed by atoms with E-state index >= 15 is 0 Å². The number of rotatable bonds is 6. The molecule has 0 radical (unpaired) electrons. The molecule has 4 rings (SSSR count). The van der Waals surface area contributed by atoms with Crippen LogP contribution in [0, 0.1) is 11.6 Å². The maximum absolute atomic E-state index is 13.5. The van der Waals surface area contributed by atoms with E-state index in [0.29, 0.717) is 30.6 Å². The van der Waals surface area contributed by atoms with Gasteiger partial charge in [-0.25, -0.2) is 22.2 Å². The Bertz CT molecular complexity index is 1060. The van der Waals surface area contributed by atoms with Crippen LogP contribution in [0.1, 0.15) is 23.2 Å². The average Bonchev–Trinajstić information content (AvgIpc) is 3.31. The van der Waals surface area contributed by atoms with E-state index in [4.69, 9.17) is 4.74 Å². The van der Waals surface area contributed by atoms with Gasteiger partial charge in [-0.15, -0.1) is 0 Å². The predicted octanol–water partition coefficient (Wildman–Crippen LogP) is 1.78. The largest absolute Gasteiger partial charge is 0.376 e. The predicted molar refractivity (Wildman–Crippen MR) is 113 cm³/mol. The van der Waals surface area contributed by atoms with Crippen LogP contribution in [0.2, 0.25) is 0 Å². The standard InChI is InChI=1S/C21H24F2N4O4S/c22-15-11-16(23)13-18(12-15)32(29,30)27-8-6-26(7-9-27)20-19(4-1-5-24-20)21(28)25-14-17-3-2-10-31-17/h1,4-5,11-13,17H,2-3,6-10,14H2,(H,25,28)/t17-/m0/s1. The van der Waals surface area contributed by atoms with Crippen molar-refractivity contribution in [2.75, 3.05) is 44.2 Å². The third-order valence-corrected chi connectivity index (χ3v) is 7.43. The quantitative estimate of drug-likeness (QED) is 0.698. The molecule has 1 N–H and O–H groups in total. The highest BCUT2D eigenvalue weighted by molar-refractivity contribution is 7.89. The fourth-order valence-corrected chi connectivity index (χ4v) is 5.37. The van der Waals surface area contributed by atoms with E-state index in [1.807, 2.05) is 4.90 Å². The molecule has 0 saturated carbocycles. The Labute approximate surface area is 185 Å². The van der Waals surface area contributed by atoms with E-state index in [9.17, 15) is 22.0 Å². The van der Waals surface area contributed by atoms with Gasteiger partial charge in [-0.1, -0.05) is 0 Å². The summed E-state index contributed by atoms with van der Waals surface area (Å²) in [4.78, 5) is 18.5. The number of benzene rings is 1. The monoisotopic (exact) mass is 466 g/mol. The summed E-state index contributed by atoms with van der Waals surface area (Å²) in [6, 6.07) is 5.58. The molecule has 0 spiro atoms. The molecule has 11 heteroatoms. The van der Waals surface area contributed by atoms with Crippen LogP contribution >= 0.6 is 0 Å². The minimum Gasteiger partial charge on any atom is -0.376 e. The van der Waals surface area contributed by atoms with Crippen molar-refractivity contribution in [3.8, 4) is 0 Å². The van der Waals surface area contributed by atoms with Crippen LogP contribution in [0.25, 0.3) is 0 Å². The first kappa shape index (κ1) is 22.6. The Morgan fingerprint density at radius 2 is 1.88 bits per heavy atom. The molecule has 1 aromatic carbocycles. The lowest BCUT2D eigenvalue weighted by molar-refractivity contribution is 0.0858. The number of aromatic nitrogens is 1. The number of piperazine rings is 1. The molecule has 3 heterocycles. The number of anilines is 1. The van der Waals surface area contributed by atoms with E-state index in [0.717, 1.165) is 25.0 Å². The molecule has 2 aliphatic rings. The van der Waals surface area contributed by atoms with Gasteiger partial charge >= 0.3 is 0 Å².